The van der Waals surface area contributed by atoms with Gasteiger partial charge in [0.1, 0.15) is 6.04 Å². The van der Waals surface area contributed by atoms with E-state index >= 15 is 0 Å². The van der Waals surface area contributed by atoms with Gasteiger partial charge < -0.3 is 15.7 Å². The number of hydrogen-bond acceptors (Lipinski definition) is 3. The molecule has 3 N–H and O–H groups in total. The monoisotopic (exact) mass is 214 g/mol. The van der Waals surface area contributed by atoms with E-state index in [-0.39, 0.29) is 0 Å². The Hall–Kier alpha value is -0.610. The Morgan fingerprint density at radius 2 is 2.33 bits per heavy atom. The van der Waals surface area contributed by atoms with E-state index in [4.69, 9.17) is 5.11 Å². The van der Waals surface area contributed by atoms with Gasteiger partial charge in [0.2, 0.25) is 0 Å². The fourth-order valence-corrected chi connectivity index (χ4v) is 1.96. The van der Waals surface area contributed by atoms with E-state index in [2.05, 4.69) is 10.6 Å². The molecule has 0 saturated carbocycles. The van der Waals surface area contributed by atoms with Crippen LogP contribution in [0.5, 0.6) is 0 Å². The summed E-state index contributed by atoms with van der Waals surface area (Å²) in [6.45, 7) is 5.93. The molecule has 4 nitrogen and oxygen atoms in total. The lowest BCUT2D eigenvalue weighted by molar-refractivity contribution is -0.139. The summed E-state index contributed by atoms with van der Waals surface area (Å²) in [6, 6.07) is 0.0615. The summed E-state index contributed by atoms with van der Waals surface area (Å²) in [5, 5.41) is 15.5. The predicted octanol–water partition coefficient (Wildman–Crippen LogP) is 0.827. The molecule has 0 bridgehead atoms. The van der Waals surface area contributed by atoms with Crippen molar-refractivity contribution >= 4 is 5.97 Å². The smallest absolute Gasteiger partial charge is 0.320 e. The maximum Gasteiger partial charge on any atom is 0.320 e. The average molecular weight is 214 g/mol. The molecule has 2 unspecified atom stereocenters. The largest absolute Gasteiger partial charge is 0.480 e. The zero-order valence-corrected chi connectivity index (χ0v) is 9.62. The molecule has 0 aromatic heterocycles. The van der Waals surface area contributed by atoms with Crippen molar-refractivity contribution in [1.29, 1.82) is 0 Å². The Balaban J connectivity index is 2.27. The van der Waals surface area contributed by atoms with E-state index in [1.165, 1.54) is 6.42 Å². The number of hydrogen-bond donors (Lipinski definition) is 3. The molecule has 0 spiro atoms. The molecule has 1 aliphatic rings. The summed E-state index contributed by atoms with van der Waals surface area (Å²) >= 11 is 0. The van der Waals surface area contributed by atoms with E-state index in [1.54, 1.807) is 0 Å². The van der Waals surface area contributed by atoms with Crippen molar-refractivity contribution in [1.82, 2.24) is 10.6 Å². The Bertz CT molecular complexity index is 201. The van der Waals surface area contributed by atoms with Crippen LogP contribution >= 0.6 is 0 Å². The van der Waals surface area contributed by atoms with E-state index in [0.717, 1.165) is 19.5 Å². The molecule has 0 aromatic rings. The molecule has 1 aliphatic heterocycles. The summed E-state index contributed by atoms with van der Waals surface area (Å²) in [5.41, 5.74) is 0. The first kappa shape index (κ1) is 12.5. The lowest BCUT2D eigenvalue weighted by Crippen LogP contribution is -2.44. The van der Waals surface area contributed by atoms with Crippen LogP contribution in [-0.4, -0.2) is 36.2 Å². The Kier molecular flexibility index (Phi) is 5.05. The minimum Gasteiger partial charge on any atom is -0.480 e. The number of nitrogens with one attached hydrogen (secondary N) is 2. The first-order valence-electron chi connectivity index (χ1n) is 5.79. The highest BCUT2D eigenvalue weighted by atomic mass is 16.4. The summed E-state index contributed by atoms with van der Waals surface area (Å²) in [4.78, 5) is 11.0. The number of rotatable bonds is 6. The summed E-state index contributed by atoms with van der Waals surface area (Å²) in [7, 11) is 0. The zero-order chi connectivity index (χ0) is 11.3. The third-order valence-electron chi connectivity index (χ3n) is 2.78. The molecule has 1 fully saturated rings. The van der Waals surface area contributed by atoms with Crippen molar-refractivity contribution in [2.75, 3.05) is 13.1 Å². The third-order valence-corrected chi connectivity index (χ3v) is 2.78. The zero-order valence-electron chi connectivity index (χ0n) is 9.62. The Labute approximate surface area is 91.4 Å². The Morgan fingerprint density at radius 3 is 2.80 bits per heavy atom. The van der Waals surface area contributed by atoms with Gasteiger partial charge in [0.05, 0.1) is 0 Å². The minimum absolute atomic E-state index is 0.396. The van der Waals surface area contributed by atoms with Gasteiger partial charge >= 0.3 is 5.97 Å². The van der Waals surface area contributed by atoms with Gasteiger partial charge in [-0.05, 0) is 31.7 Å². The molecular weight excluding hydrogens is 192 g/mol. The van der Waals surface area contributed by atoms with Gasteiger partial charge in [-0.25, -0.2) is 0 Å². The molecule has 15 heavy (non-hydrogen) atoms. The minimum atomic E-state index is -0.735. The van der Waals surface area contributed by atoms with Gasteiger partial charge in [-0.1, -0.05) is 13.8 Å². The van der Waals surface area contributed by atoms with Crippen molar-refractivity contribution in [3.05, 3.63) is 0 Å². The van der Waals surface area contributed by atoms with Crippen LogP contribution in [0.15, 0.2) is 0 Å². The number of carboxylic acid groups (broad SMARTS) is 1. The van der Waals surface area contributed by atoms with Gasteiger partial charge in [0.15, 0.2) is 0 Å². The molecule has 1 saturated heterocycles. The third kappa shape index (κ3) is 4.62. The van der Waals surface area contributed by atoms with Crippen molar-refractivity contribution in [2.45, 2.75) is 45.2 Å². The molecular formula is C11H22N2O2. The molecule has 4 heteroatoms. The fraction of sp³-hybridized carbons (Fsp3) is 0.909. The van der Waals surface area contributed by atoms with Crippen molar-refractivity contribution in [2.24, 2.45) is 5.92 Å². The molecule has 88 valence electrons. The first-order valence-corrected chi connectivity index (χ1v) is 5.79. The molecule has 0 amide bonds. The van der Waals surface area contributed by atoms with E-state index in [1.807, 2.05) is 13.8 Å². The number of carbonyl (C=O) groups is 1. The number of aliphatic carboxylic acids is 1. The summed E-state index contributed by atoms with van der Waals surface area (Å²) in [6.07, 6.45) is 3.05. The van der Waals surface area contributed by atoms with Crippen molar-refractivity contribution in [3.63, 3.8) is 0 Å². The first-order chi connectivity index (χ1) is 7.09. The second-order valence-electron chi connectivity index (χ2n) is 4.72. The van der Waals surface area contributed by atoms with E-state index in [0.29, 0.717) is 18.4 Å². The van der Waals surface area contributed by atoms with Gasteiger partial charge in [-0.3, -0.25) is 4.79 Å². The molecule has 1 rings (SSSR count). The Morgan fingerprint density at radius 1 is 1.60 bits per heavy atom. The van der Waals surface area contributed by atoms with Gasteiger partial charge in [0, 0.05) is 12.6 Å². The molecule has 1 heterocycles. The maximum atomic E-state index is 11.0. The number of carboxylic acids is 1. The van der Waals surface area contributed by atoms with Crippen LogP contribution in [0, 0.1) is 5.92 Å². The summed E-state index contributed by atoms with van der Waals surface area (Å²) < 4.78 is 0. The highest BCUT2D eigenvalue weighted by molar-refractivity contribution is 5.73. The van der Waals surface area contributed by atoms with Crippen molar-refractivity contribution in [3.8, 4) is 0 Å². The maximum absolute atomic E-state index is 11.0. The fourth-order valence-electron chi connectivity index (χ4n) is 1.96. The predicted molar refractivity (Wildman–Crippen MR) is 59.9 cm³/mol. The van der Waals surface area contributed by atoms with E-state index in [9.17, 15) is 4.79 Å². The molecule has 0 aromatic carbocycles. The van der Waals surface area contributed by atoms with Crippen LogP contribution in [0.2, 0.25) is 0 Å². The second-order valence-corrected chi connectivity index (χ2v) is 4.72. The second kappa shape index (κ2) is 6.08. The SMILES string of the molecule is CC(C)CC(NCC1CCCN1)C(=O)O. The van der Waals surface area contributed by atoms with Crippen LogP contribution in [0.25, 0.3) is 0 Å². The highest BCUT2D eigenvalue weighted by Gasteiger charge is 2.21. The van der Waals surface area contributed by atoms with Gasteiger partial charge in [0.25, 0.3) is 0 Å². The lowest BCUT2D eigenvalue weighted by Gasteiger charge is -2.19. The average Bonchev–Trinajstić information content (AvgIpc) is 2.63. The molecule has 0 radical (unpaired) electrons. The molecule has 2 atom stereocenters. The van der Waals surface area contributed by atoms with Crippen LogP contribution < -0.4 is 10.6 Å². The summed E-state index contributed by atoms with van der Waals surface area (Å²) in [5.74, 6) is -0.322. The highest BCUT2D eigenvalue weighted by Crippen LogP contribution is 2.07. The quantitative estimate of drug-likeness (QED) is 0.613. The van der Waals surface area contributed by atoms with Crippen LogP contribution in [0.3, 0.4) is 0 Å². The van der Waals surface area contributed by atoms with Crippen LogP contribution in [-0.2, 0) is 4.79 Å². The van der Waals surface area contributed by atoms with Crippen molar-refractivity contribution < 1.29 is 9.90 Å². The lowest BCUT2D eigenvalue weighted by atomic mass is 10.0. The standard InChI is InChI=1S/C11H22N2O2/c1-8(2)6-10(11(14)15)13-7-9-4-3-5-12-9/h8-10,12-13H,3-7H2,1-2H3,(H,14,15). The normalized spacial score (nSPS) is 23.3. The van der Waals surface area contributed by atoms with Gasteiger partial charge in [-0.15, -0.1) is 0 Å². The van der Waals surface area contributed by atoms with Crippen LogP contribution in [0.4, 0.5) is 0 Å². The van der Waals surface area contributed by atoms with Gasteiger partial charge in [-0.2, -0.15) is 0 Å². The van der Waals surface area contributed by atoms with E-state index < -0.39 is 12.0 Å². The molecule has 0 aliphatic carbocycles. The van der Waals surface area contributed by atoms with Crippen LogP contribution in [0.1, 0.15) is 33.1 Å². The topological polar surface area (TPSA) is 61.4 Å².